The Hall–Kier alpha value is -2.60. The highest BCUT2D eigenvalue weighted by Crippen LogP contribution is 2.25. The van der Waals surface area contributed by atoms with Crippen LogP contribution in [-0.4, -0.2) is 18.0 Å². The van der Waals surface area contributed by atoms with Gasteiger partial charge in [0, 0.05) is 16.7 Å². The van der Waals surface area contributed by atoms with E-state index in [4.69, 9.17) is 21.1 Å². The van der Waals surface area contributed by atoms with Crippen molar-refractivity contribution in [2.24, 2.45) is 0 Å². The van der Waals surface area contributed by atoms with E-state index in [1.54, 1.807) is 6.07 Å². The molecule has 2 aromatic carbocycles. The van der Waals surface area contributed by atoms with Crippen LogP contribution in [0, 0.1) is 17.0 Å². The van der Waals surface area contributed by atoms with Crippen LogP contribution < -0.4 is 4.74 Å². The van der Waals surface area contributed by atoms with Crippen LogP contribution in [0.2, 0.25) is 5.02 Å². The van der Waals surface area contributed by atoms with E-state index in [0.717, 1.165) is 5.56 Å². The third-order valence-electron chi connectivity index (χ3n) is 3.17. The van der Waals surface area contributed by atoms with Gasteiger partial charge in [0.05, 0.1) is 12.0 Å². The Morgan fingerprint density at radius 3 is 2.65 bits per heavy atom. The molecule has 0 unspecified atom stereocenters. The van der Waals surface area contributed by atoms with E-state index in [1.807, 2.05) is 19.1 Å². The molecular weight excluding hydrogens is 322 g/mol. The first kappa shape index (κ1) is 16.8. The molecule has 2 aromatic rings. The second-order valence-corrected chi connectivity index (χ2v) is 5.25. The standard InChI is InChI=1S/C16H14ClNO5/c1-10-3-6-15(22-2)11(7-10)9-23-16(19)13-8-12(17)4-5-14(13)18(20)21/h3-8H,9H2,1-2H3. The molecule has 0 spiro atoms. The number of rotatable bonds is 5. The smallest absolute Gasteiger partial charge is 0.345 e. The fraction of sp³-hybridized carbons (Fsp3) is 0.188. The maximum atomic E-state index is 12.2. The molecule has 0 bridgehead atoms. The number of hydrogen-bond acceptors (Lipinski definition) is 5. The topological polar surface area (TPSA) is 78.7 Å². The van der Waals surface area contributed by atoms with Gasteiger partial charge in [0.1, 0.15) is 17.9 Å². The highest BCUT2D eigenvalue weighted by molar-refractivity contribution is 6.31. The van der Waals surface area contributed by atoms with Crippen LogP contribution in [0.5, 0.6) is 5.75 Å². The fourth-order valence-electron chi connectivity index (χ4n) is 2.07. The van der Waals surface area contributed by atoms with Crippen LogP contribution in [0.3, 0.4) is 0 Å². The Morgan fingerprint density at radius 2 is 2.00 bits per heavy atom. The van der Waals surface area contributed by atoms with Gasteiger partial charge in [0.15, 0.2) is 0 Å². The number of nitro benzene ring substituents is 1. The molecule has 0 saturated carbocycles. The van der Waals surface area contributed by atoms with Crippen LogP contribution in [0.15, 0.2) is 36.4 Å². The predicted molar refractivity (Wildman–Crippen MR) is 85.0 cm³/mol. The monoisotopic (exact) mass is 335 g/mol. The Labute approximate surface area is 137 Å². The summed E-state index contributed by atoms with van der Waals surface area (Å²) >= 11 is 5.80. The minimum atomic E-state index is -0.817. The second kappa shape index (κ2) is 7.11. The van der Waals surface area contributed by atoms with Gasteiger partial charge in [-0.1, -0.05) is 23.2 Å². The largest absolute Gasteiger partial charge is 0.496 e. The molecule has 6 nitrogen and oxygen atoms in total. The summed E-state index contributed by atoms with van der Waals surface area (Å²) in [6.45, 7) is 1.83. The average molecular weight is 336 g/mol. The van der Waals surface area contributed by atoms with Gasteiger partial charge in [0.25, 0.3) is 5.69 Å². The van der Waals surface area contributed by atoms with Gasteiger partial charge in [-0.2, -0.15) is 0 Å². The molecule has 7 heteroatoms. The predicted octanol–water partition coefficient (Wildman–Crippen LogP) is 3.92. The molecule has 0 atom stereocenters. The summed E-state index contributed by atoms with van der Waals surface area (Å²) < 4.78 is 10.4. The summed E-state index contributed by atoms with van der Waals surface area (Å²) in [4.78, 5) is 22.5. The summed E-state index contributed by atoms with van der Waals surface area (Å²) in [5, 5.41) is 11.2. The van der Waals surface area contributed by atoms with Crippen molar-refractivity contribution in [1.29, 1.82) is 0 Å². The molecule has 0 amide bonds. The molecule has 0 radical (unpaired) electrons. The van der Waals surface area contributed by atoms with E-state index in [0.29, 0.717) is 11.3 Å². The van der Waals surface area contributed by atoms with Crippen LogP contribution >= 0.6 is 11.6 Å². The summed E-state index contributed by atoms with van der Waals surface area (Å²) in [6.07, 6.45) is 0. The average Bonchev–Trinajstić information content (AvgIpc) is 2.52. The van der Waals surface area contributed by atoms with E-state index < -0.39 is 10.9 Å². The normalized spacial score (nSPS) is 10.2. The minimum absolute atomic E-state index is 0.0621. The number of carbonyl (C=O) groups is 1. The lowest BCUT2D eigenvalue weighted by molar-refractivity contribution is -0.385. The van der Waals surface area contributed by atoms with Crippen molar-refractivity contribution in [2.75, 3.05) is 7.11 Å². The van der Waals surface area contributed by atoms with Crippen molar-refractivity contribution in [3.05, 3.63) is 68.2 Å². The van der Waals surface area contributed by atoms with Crippen molar-refractivity contribution in [2.45, 2.75) is 13.5 Å². The summed E-state index contributed by atoms with van der Waals surface area (Å²) in [5.41, 5.74) is 1.11. The molecule has 0 aliphatic heterocycles. The number of hydrogen-bond donors (Lipinski definition) is 0. The Morgan fingerprint density at radius 1 is 1.26 bits per heavy atom. The minimum Gasteiger partial charge on any atom is -0.496 e. The number of ether oxygens (including phenoxy) is 2. The summed E-state index contributed by atoms with van der Waals surface area (Å²) in [7, 11) is 1.51. The summed E-state index contributed by atoms with van der Waals surface area (Å²) in [6, 6.07) is 9.19. The van der Waals surface area contributed by atoms with Gasteiger partial charge in [-0.05, 0) is 31.2 Å². The Bertz CT molecular complexity index is 760. The molecule has 0 N–H and O–H groups in total. The zero-order valence-electron chi connectivity index (χ0n) is 12.5. The van der Waals surface area contributed by atoms with Crippen molar-refractivity contribution in [3.63, 3.8) is 0 Å². The first-order valence-corrected chi connectivity index (χ1v) is 7.04. The SMILES string of the molecule is COc1ccc(C)cc1COC(=O)c1cc(Cl)ccc1[N+](=O)[O-]. The highest BCUT2D eigenvalue weighted by Gasteiger charge is 2.22. The molecule has 0 saturated heterocycles. The molecule has 2 rings (SSSR count). The van der Waals surface area contributed by atoms with Crippen molar-refractivity contribution in [3.8, 4) is 5.75 Å². The van der Waals surface area contributed by atoms with Crippen LogP contribution in [0.1, 0.15) is 21.5 Å². The van der Waals surface area contributed by atoms with Crippen LogP contribution in [0.4, 0.5) is 5.69 Å². The maximum absolute atomic E-state index is 12.2. The van der Waals surface area contributed by atoms with Gasteiger partial charge < -0.3 is 9.47 Å². The first-order chi connectivity index (χ1) is 10.9. The lowest BCUT2D eigenvalue weighted by Crippen LogP contribution is -2.09. The number of benzene rings is 2. The fourth-order valence-corrected chi connectivity index (χ4v) is 2.24. The zero-order valence-corrected chi connectivity index (χ0v) is 13.3. The Balaban J connectivity index is 2.22. The number of nitro groups is 1. The number of methoxy groups -OCH3 is 1. The van der Waals surface area contributed by atoms with E-state index in [-0.39, 0.29) is 22.9 Å². The van der Waals surface area contributed by atoms with Gasteiger partial charge in [-0.15, -0.1) is 0 Å². The molecule has 0 aliphatic rings. The van der Waals surface area contributed by atoms with Gasteiger partial charge in [-0.25, -0.2) is 4.79 Å². The molecule has 0 aromatic heterocycles. The number of carbonyl (C=O) groups excluding carboxylic acids is 1. The molecule has 120 valence electrons. The van der Waals surface area contributed by atoms with Gasteiger partial charge >= 0.3 is 5.97 Å². The van der Waals surface area contributed by atoms with Crippen LogP contribution in [0.25, 0.3) is 0 Å². The number of nitrogens with zero attached hydrogens (tertiary/aromatic N) is 1. The summed E-state index contributed by atoms with van der Waals surface area (Å²) in [5.74, 6) is -0.244. The molecule has 0 aliphatic carbocycles. The van der Waals surface area contributed by atoms with E-state index in [2.05, 4.69) is 0 Å². The number of esters is 1. The van der Waals surface area contributed by atoms with Crippen LogP contribution in [-0.2, 0) is 11.3 Å². The first-order valence-electron chi connectivity index (χ1n) is 6.67. The third kappa shape index (κ3) is 3.98. The lowest BCUT2D eigenvalue weighted by atomic mass is 10.1. The van der Waals surface area contributed by atoms with Crippen molar-refractivity contribution in [1.82, 2.24) is 0 Å². The van der Waals surface area contributed by atoms with E-state index in [9.17, 15) is 14.9 Å². The quantitative estimate of drug-likeness (QED) is 0.470. The zero-order chi connectivity index (χ0) is 17.0. The van der Waals surface area contributed by atoms with Crippen molar-refractivity contribution < 1.29 is 19.2 Å². The van der Waals surface area contributed by atoms with Gasteiger partial charge in [0.2, 0.25) is 0 Å². The molecule has 23 heavy (non-hydrogen) atoms. The number of aryl methyl sites for hydroxylation is 1. The lowest BCUT2D eigenvalue weighted by Gasteiger charge is -2.10. The van der Waals surface area contributed by atoms with E-state index >= 15 is 0 Å². The number of halogens is 1. The molecule has 0 heterocycles. The Kier molecular flexibility index (Phi) is 5.18. The van der Waals surface area contributed by atoms with Gasteiger partial charge in [-0.3, -0.25) is 10.1 Å². The maximum Gasteiger partial charge on any atom is 0.345 e. The highest BCUT2D eigenvalue weighted by atomic mass is 35.5. The molecule has 0 fully saturated rings. The van der Waals surface area contributed by atoms with Crippen molar-refractivity contribution >= 4 is 23.3 Å². The second-order valence-electron chi connectivity index (χ2n) is 4.81. The third-order valence-corrected chi connectivity index (χ3v) is 3.40. The molecular formula is C16H14ClNO5. The van der Waals surface area contributed by atoms with E-state index in [1.165, 1.54) is 25.3 Å².